The average Bonchev–Trinajstić information content (AvgIpc) is 2.30. The summed E-state index contributed by atoms with van der Waals surface area (Å²) >= 11 is 0. The van der Waals surface area contributed by atoms with Gasteiger partial charge in [-0.1, -0.05) is 17.6 Å². The number of carboxylic acids is 1. The predicted octanol–water partition coefficient (Wildman–Crippen LogP) is -0.0448. The molecule has 1 aromatic rings. The first kappa shape index (κ1) is 14.2. The van der Waals surface area contributed by atoms with Crippen molar-refractivity contribution in [2.75, 3.05) is 0 Å². The van der Waals surface area contributed by atoms with Gasteiger partial charge in [0.1, 0.15) is 13.7 Å². The Balaban J connectivity index is 2.33. The Bertz CT molecular complexity index is 451. The van der Waals surface area contributed by atoms with Crippen molar-refractivity contribution in [2.24, 2.45) is 0 Å². The monoisotopic (exact) mass is 251 g/mol. The zero-order valence-electron chi connectivity index (χ0n) is 10.2. The van der Waals surface area contributed by atoms with E-state index in [0.29, 0.717) is 18.4 Å². The first-order valence-corrected chi connectivity index (χ1v) is 5.72. The highest BCUT2D eigenvalue weighted by Crippen LogP contribution is 2.01. The highest BCUT2D eigenvalue weighted by molar-refractivity contribution is 6.32. The molecule has 1 aromatic carbocycles. The van der Waals surface area contributed by atoms with Crippen molar-refractivity contribution in [3.8, 4) is 0 Å². The summed E-state index contributed by atoms with van der Waals surface area (Å²) in [5.41, 5.74) is 1.35. The van der Waals surface area contributed by atoms with Gasteiger partial charge in [-0.25, -0.2) is 4.39 Å². The second-order valence-corrected chi connectivity index (χ2v) is 4.11. The molecular weight excluding hydrogens is 236 g/mol. The largest absolute Gasteiger partial charge is 0.481 e. The van der Waals surface area contributed by atoms with E-state index in [9.17, 15) is 14.0 Å². The van der Waals surface area contributed by atoms with Gasteiger partial charge in [-0.3, -0.25) is 9.59 Å². The summed E-state index contributed by atoms with van der Waals surface area (Å²) in [4.78, 5) is 21.6. The molecule has 1 rings (SSSR count). The van der Waals surface area contributed by atoms with Crippen molar-refractivity contribution < 1.29 is 19.1 Å². The van der Waals surface area contributed by atoms with Gasteiger partial charge in [0.25, 0.3) is 0 Å². The van der Waals surface area contributed by atoms with Crippen LogP contribution in [0.3, 0.4) is 0 Å². The lowest BCUT2D eigenvalue weighted by Crippen LogP contribution is -2.23. The Morgan fingerprint density at radius 2 is 2.06 bits per heavy atom. The summed E-state index contributed by atoms with van der Waals surface area (Å²) in [6.07, 6.45) is 0.499. The number of carbonyl (C=O) groups is 2. The third-order valence-electron chi connectivity index (χ3n) is 2.51. The average molecular weight is 251 g/mol. The fraction of sp³-hybridized carbons (Fsp3) is 0.333. The van der Waals surface area contributed by atoms with E-state index in [1.165, 1.54) is 6.07 Å². The van der Waals surface area contributed by atoms with Crippen LogP contribution in [0.5, 0.6) is 0 Å². The van der Waals surface area contributed by atoms with E-state index in [1.54, 1.807) is 20.0 Å². The van der Waals surface area contributed by atoms with Gasteiger partial charge in [-0.2, -0.15) is 0 Å². The van der Waals surface area contributed by atoms with Crippen LogP contribution in [0, 0.1) is 5.82 Å². The van der Waals surface area contributed by atoms with Gasteiger partial charge in [0, 0.05) is 19.4 Å². The minimum atomic E-state index is -0.906. The maximum atomic E-state index is 13.0. The molecule has 0 heterocycles. The molecule has 0 saturated carbocycles. The van der Waals surface area contributed by atoms with E-state index < -0.39 is 5.97 Å². The van der Waals surface area contributed by atoms with Crippen LogP contribution >= 0.6 is 0 Å². The first-order chi connectivity index (χ1) is 8.49. The second-order valence-electron chi connectivity index (χ2n) is 4.11. The fourth-order valence-electron chi connectivity index (χ4n) is 1.51. The van der Waals surface area contributed by atoms with E-state index in [4.69, 9.17) is 5.11 Å². The summed E-state index contributed by atoms with van der Waals surface area (Å²) in [7, 11) is 1.66. The third kappa shape index (κ3) is 4.99. The topological polar surface area (TPSA) is 66.4 Å². The van der Waals surface area contributed by atoms with Gasteiger partial charge in [0.15, 0.2) is 0 Å². The lowest BCUT2D eigenvalue weighted by molar-refractivity contribution is -0.137. The van der Waals surface area contributed by atoms with E-state index in [1.807, 2.05) is 0 Å². The number of halogens is 1. The van der Waals surface area contributed by atoms with Crippen LogP contribution in [0.15, 0.2) is 18.2 Å². The standard InChI is InChI=1S/C12H15BFNO3/c13-9-6-8(4-5-10(9)14)7-15-11(16)2-1-3-12(17)18/h4-6H,1-3,7,13H2,(H,15,16)(H,17,18). The van der Waals surface area contributed by atoms with Gasteiger partial charge >= 0.3 is 5.97 Å². The second kappa shape index (κ2) is 6.78. The SMILES string of the molecule is Bc1cc(CNC(=O)CCCC(=O)O)ccc1F. The van der Waals surface area contributed by atoms with Crippen molar-refractivity contribution in [3.63, 3.8) is 0 Å². The minimum Gasteiger partial charge on any atom is -0.481 e. The molecule has 6 heteroatoms. The molecule has 0 radical (unpaired) electrons. The predicted molar refractivity (Wildman–Crippen MR) is 67.9 cm³/mol. The molecule has 1 amide bonds. The number of benzene rings is 1. The van der Waals surface area contributed by atoms with E-state index in [-0.39, 0.29) is 24.6 Å². The van der Waals surface area contributed by atoms with E-state index in [0.717, 1.165) is 5.56 Å². The molecule has 0 saturated heterocycles. The molecule has 0 aliphatic rings. The molecule has 0 bridgehead atoms. The molecule has 0 fully saturated rings. The maximum Gasteiger partial charge on any atom is 0.303 e. The number of carbonyl (C=O) groups excluding carboxylic acids is 1. The number of nitrogens with one attached hydrogen (secondary N) is 1. The molecule has 2 N–H and O–H groups in total. The summed E-state index contributed by atoms with van der Waals surface area (Å²) in [6.45, 7) is 0.326. The Kier molecular flexibility index (Phi) is 5.36. The van der Waals surface area contributed by atoms with Gasteiger partial charge in [-0.05, 0) is 18.1 Å². The normalized spacial score (nSPS) is 10.1. The maximum absolute atomic E-state index is 13.0. The van der Waals surface area contributed by atoms with Crippen molar-refractivity contribution in [1.82, 2.24) is 5.32 Å². The zero-order chi connectivity index (χ0) is 13.5. The van der Waals surface area contributed by atoms with Crippen LogP contribution in [-0.4, -0.2) is 24.8 Å². The van der Waals surface area contributed by atoms with Crippen LogP contribution in [-0.2, 0) is 16.1 Å². The van der Waals surface area contributed by atoms with Gasteiger partial charge in [0.2, 0.25) is 5.91 Å². The van der Waals surface area contributed by atoms with Crippen molar-refractivity contribution in [2.45, 2.75) is 25.8 Å². The molecule has 0 spiro atoms. The molecule has 18 heavy (non-hydrogen) atoms. The Morgan fingerprint density at radius 1 is 1.33 bits per heavy atom. The quantitative estimate of drug-likeness (QED) is 0.697. The van der Waals surface area contributed by atoms with Gasteiger partial charge in [0.05, 0.1) is 0 Å². The first-order valence-electron chi connectivity index (χ1n) is 5.72. The number of aliphatic carboxylic acids is 1. The molecule has 4 nitrogen and oxygen atoms in total. The number of amides is 1. The number of rotatable bonds is 6. The van der Waals surface area contributed by atoms with Crippen LogP contribution < -0.4 is 10.8 Å². The lowest BCUT2D eigenvalue weighted by atomic mass is 9.93. The fourth-order valence-corrected chi connectivity index (χ4v) is 1.51. The summed E-state index contributed by atoms with van der Waals surface area (Å²) in [5, 5.41) is 11.1. The molecule has 0 unspecified atom stereocenters. The highest BCUT2D eigenvalue weighted by Gasteiger charge is 2.04. The van der Waals surface area contributed by atoms with Crippen LogP contribution in [0.2, 0.25) is 0 Å². The lowest BCUT2D eigenvalue weighted by Gasteiger charge is -2.06. The van der Waals surface area contributed by atoms with Crippen LogP contribution in [0.25, 0.3) is 0 Å². The van der Waals surface area contributed by atoms with Crippen LogP contribution in [0.4, 0.5) is 4.39 Å². The Hall–Kier alpha value is -1.85. The molecule has 0 aliphatic heterocycles. The number of hydrogen-bond donors (Lipinski definition) is 2. The molecule has 0 atom stereocenters. The zero-order valence-corrected chi connectivity index (χ0v) is 10.2. The Labute approximate surface area is 106 Å². The summed E-state index contributed by atoms with van der Waals surface area (Å²) in [5.74, 6) is -1.37. The third-order valence-corrected chi connectivity index (χ3v) is 2.51. The van der Waals surface area contributed by atoms with Crippen molar-refractivity contribution >= 4 is 25.2 Å². The minimum absolute atomic E-state index is 0.0108. The van der Waals surface area contributed by atoms with E-state index in [2.05, 4.69) is 5.32 Å². The highest BCUT2D eigenvalue weighted by atomic mass is 19.1. The molecule has 96 valence electrons. The Morgan fingerprint density at radius 3 is 2.67 bits per heavy atom. The summed E-state index contributed by atoms with van der Waals surface area (Å²) in [6, 6.07) is 4.65. The molecular formula is C12H15BFNO3. The van der Waals surface area contributed by atoms with Crippen molar-refractivity contribution in [3.05, 3.63) is 29.6 Å². The number of hydrogen-bond acceptors (Lipinski definition) is 2. The van der Waals surface area contributed by atoms with E-state index >= 15 is 0 Å². The van der Waals surface area contributed by atoms with Gasteiger partial charge in [-0.15, -0.1) is 0 Å². The molecule has 0 aliphatic carbocycles. The van der Waals surface area contributed by atoms with Gasteiger partial charge < -0.3 is 10.4 Å². The summed E-state index contributed by atoms with van der Waals surface area (Å²) < 4.78 is 13.0. The number of carboxylic acid groups (broad SMARTS) is 1. The van der Waals surface area contributed by atoms with Crippen molar-refractivity contribution in [1.29, 1.82) is 0 Å². The van der Waals surface area contributed by atoms with Crippen LogP contribution in [0.1, 0.15) is 24.8 Å². The smallest absolute Gasteiger partial charge is 0.303 e. The molecule has 0 aromatic heterocycles.